The lowest BCUT2D eigenvalue weighted by Gasteiger charge is -2.22. The predicted octanol–water partition coefficient (Wildman–Crippen LogP) is 1.61. The molecule has 1 fully saturated rings. The molecule has 1 aromatic heterocycles. The molecule has 2 heterocycles. The molecule has 7 nitrogen and oxygen atoms in total. The van der Waals surface area contributed by atoms with Crippen LogP contribution in [-0.2, 0) is 4.79 Å². The van der Waals surface area contributed by atoms with Gasteiger partial charge in [-0.05, 0) is 41.5 Å². The van der Waals surface area contributed by atoms with E-state index in [1.54, 1.807) is 4.68 Å². The molecule has 110 valence electrons. The first-order valence-corrected chi connectivity index (χ1v) is 7.20. The summed E-state index contributed by atoms with van der Waals surface area (Å²) < 4.78 is 1.58. The summed E-state index contributed by atoms with van der Waals surface area (Å²) in [6.45, 7) is 3.90. The van der Waals surface area contributed by atoms with E-state index in [-0.39, 0.29) is 5.91 Å². The molecule has 0 bridgehead atoms. The van der Waals surface area contributed by atoms with Crippen LogP contribution in [0, 0.1) is 0 Å². The smallest absolute Gasteiger partial charge is 0.224 e. The summed E-state index contributed by atoms with van der Waals surface area (Å²) in [7, 11) is 0. The van der Waals surface area contributed by atoms with E-state index in [0.29, 0.717) is 6.42 Å². The third-order valence-electron chi connectivity index (χ3n) is 3.64. The Kier molecular flexibility index (Phi) is 3.81. The average Bonchev–Trinajstić information content (AvgIpc) is 3.20. The molecule has 0 saturated carbocycles. The Bertz CT molecular complexity index is 618. The van der Waals surface area contributed by atoms with Crippen LogP contribution in [-0.4, -0.2) is 39.2 Å². The fraction of sp³-hybridized carbons (Fsp3) is 0.429. The summed E-state index contributed by atoms with van der Waals surface area (Å²) in [5, 5.41) is 14.1. The van der Waals surface area contributed by atoms with Crippen molar-refractivity contribution in [3.63, 3.8) is 0 Å². The molecule has 0 radical (unpaired) electrons. The number of amides is 1. The molecule has 21 heavy (non-hydrogen) atoms. The van der Waals surface area contributed by atoms with Gasteiger partial charge < -0.3 is 10.2 Å². The van der Waals surface area contributed by atoms with Crippen molar-refractivity contribution in [2.24, 2.45) is 0 Å². The number of hydrogen-bond donors (Lipinski definition) is 1. The molecular formula is C14H18N6O. The molecule has 0 atom stereocenters. The lowest BCUT2D eigenvalue weighted by Crippen LogP contribution is -2.21. The standard InChI is InChI=1S/C14H18N6O/c1-2-14(21)16-12-9-11(20-10-15-17-18-20)5-6-13(12)19-7-3-4-8-19/h5-6,9-10H,2-4,7-8H2,1H3,(H,16,21). The highest BCUT2D eigenvalue weighted by molar-refractivity contribution is 5.94. The minimum absolute atomic E-state index is 0.00399. The third kappa shape index (κ3) is 2.86. The van der Waals surface area contributed by atoms with Gasteiger partial charge in [-0.3, -0.25) is 4.79 Å². The molecule has 7 heteroatoms. The molecule has 0 spiro atoms. The maximum atomic E-state index is 11.8. The lowest BCUT2D eigenvalue weighted by molar-refractivity contribution is -0.115. The summed E-state index contributed by atoms with van der Waals surface area (Å²) in [4.78, 5) is 14.1. The summed E-state index contributed by atoms with van der Waals surface area (Å²) in [5.74, 6) is 0.00399. The molecule has 1 aliphatic heterocycles. The van der Waals surface area contributed by atoms with E-state index in [9.17, 15) is 4.79 Å². The van der Waals surface area contributed by atoms with Crippen LogP contribution < -0.4 is 10.2 Å². The van der Waals surface area contributed by atoms with Crippen molar-refractivity contribution in [3.8, 4) is 5.69 Å². The quantitative estimate of drug-likeness (QED) is 0.924. The second-order valence-electron chi connectivity index (χ2n) is 5.05. The molecule has 2 aromatic rings. The van der Waals surface area contributed by atoms with Gasteiger partial charge in [0.15, 0.2) is 0 Å². The number of nitrogens with one attached hydrogen (secondary N) is 1. The first-order chi connectivity index (χ1) is 10.3. The van der Waals surface area contributed by atoms with Crippen LogP contribution in [0.25, 0.3) is 5.69 Å². The van der Waals surface area contributed by atoms with Crippen molar-refractivity contribution in [3.05, 3.63) is 24.5 Å². The number of carbonyl (C=O) groups excluding carboxylic acids is 1. The van der Waals surface area contributed by atoms with Gasteiger partial charge in [-0.25, -0.2) is 4.68 Å². The Balaban J connectivity index is 1.97. The second-order valence-corrected chi connectivity index (χ2v) is 5.05. The van der Waals surface area contributed by atoms with Crippen molar-refractivity contribution < 1.29 is 4.79 Å². The number of rotatable bonds is 4. The average molecular weight is 286 g/mol. The number of tetrazole rings is 1. The Morgan fingerprint density at radius 1 is 1.33 bits per heavy atom. The normalized spacial score (nSPS) is 14.4. The van der Waals surface area contributed by atoms with Crippen LogP contribution in [0.5, 0.6) is 0 Å². The minimum Gasteiger partial charge on any atom is -0.370 e. The highest BCUT2D eigenvalue weighted by Gasteiger charge is 2.17. The van der Waals surface area contributed by atoms with Gasteiger partial charge in [0.1, 0.15) is 6.33 Å². The maximum Gasteiger partial charge on any atom is 0.224 e. The van der Waals surface area contributed by atoms with Crippen molar-refractivity contribution >= 4 is 17.3 Å². The zero-order valence-electron chi connectivity index (χ0n) is 12.0. The van der Waals surface area contributed by atoms with Gasteiger partial charge in [-0.2, -0.15) is 0 Å². The van der Waals surface area contributed by atoms with E-state index in [2.05, 4.69) is 25.7 Å². The topological polar surface area (TPSA) is 75.9 Å². The Morgan fingerprint density at radius 3 is 2.81 bits per heavy atom. The minimum atomic E-state index is 0.00399. The van der Waals surface area contributed by atoms with E-state index in [1.165, 1.54) is 19.2 Å². The van der Waals surface area contributed by atoms with E-state index in [1.807, 2.05) is 25.1 Å². The number of carbonyl (C=O) groups is 1. The highest BCUT2D eigenvalue weighted by Crippen LogP contribution is 2.31. The maximum absolute atomic E-state index is 11.8. The lowest BCUT2D eigenvalue weighted by atomic mass is 10.2. The summed E-state index contributed by atoms with van der Waals surface area (Å²) in [6, 6.07) is 5.90. The summed E-state index contributed by atoms with van der Waals surface area (Å²) in [5.41, 5.74) is 2.71. The van der Waals surface area contributed by atoms with Gasteiger partial charge in [-0.1, -0.05) is 6.92 Å². The molecular weight excluding hydrogens is 268 g/mol. The van der Waals surface area contributed by atoms with Crippen LogP contribution in [0.2, 0.25) is 0 Å². The fourth-order valence-electron chi connectivity index (χ4n) is 2.52. The zero-order chi connectivity index (χ0) is 14.7. The number of nitrogens with zero attached hydrogens (tertiary/aromatic N) is 5. The SMILES string of the molecule is CCC(=O)Nc1cc(-n2cnnn2)ccc1N1CCCC1. The second kappa shape index (κ2) is 5.90. The first kappa shape index (κ1) is 13.5. The Hall–Kier alpha value is -2.44. The molecule has 0 aliphatic carbocycles. The summed E-state index contributed by atoms with van der Waals surface area (Å²) in [6.07, 6.45) is 4.37. The molecule has 1 amide bonds. The zero-order valence-corrected chi connectivity index (χ0v) is 12.0. The van der Waals surface area contributed by atoms with Crippen LogP contribution in [0.3, 0.4) is 0 Å². The van der Waals surface area contributed by atoms with Crippen LogP contribution in [0.1, 0.15) is 26.2 Å². The molecule has 0 unspecified atom stereocenters. The monoisotopic (exact) mass is 286 g/mol. The van der Waals surface area contributed by atoms with Gasteiger partial charge in [0.2, 0.25) is 5.91 Å². The first-order valence-electron chi connectivity index (χ1n) is 7.20. The van der Waals surface area contributed by atoms with Crippen LogP contribution in [0.4, 0.5) is 11.4 Å². The van der Waals surface area contributed by atoms with Gasteiger partial charge in [0.25, 0.3) is 0 Å². The van der Waals surface area contributed by atoms with E-state index in [0.717, 1.165) is 30.2 Å². The molecule has 1 saturated heterocycles. The fourth-order valence-corrected chi connectivity index (χ4v) is 2.52. The van der Waals surface area contributed by atoms with Crippen molar-refractivity contribution in [2.75, 3.05) is 23.3 Å². The number of anilines is 2. The highest BCUT2D eigenvalue weighted by atomic mass is 16.1. The van der Waals surface area contributed by atoms with Gasteiger partial charge >= 0.3 is 0 Å². The van der Waals surface area contributed by atoms with Crippen molar-refractivity contribution in [1.82, 2.24) is 20.2 Å². The number of aromatic nitrogens is 4. The third-order valence-corrected chi connectivity index (χ3v) is 3.64. The summed E-state index contributed by atoms with van der Waals surface area (Å²) >= 11 is 0. The van der Waals surface area contributed by atoms with E-state index < -0.39 is 0 Å². The van der Waals surface area contributed by atoms with Crippen molar-refractivity contribution in [1.29, 1.82) is 0 Å². The number of hydrogen-bond acceptors (Lipinski definition) is 5. The predicted molar refractivity (Wildman–Crippen MR) is 79.5 cm³/mol. The Morgan fingerprint density at radius 2 is 2.14 bits per heavy atom. The largest absolute Gasteiger partial charge is 0.370 e. The van der Waals surface area contributed by atoms with E-state index >= 15 is 0 Å². The number of benzene rings is 1. The van der Waals surface area contributed by atoms with E-state index in [4.69, 9.17) is 0 Å². The van der Waals surface area contributed by atoms with Gasteiger partial charge in [-0.15, -0.1) is 5.10 Å². The Labute approximate surface area is 122 Å². The van der Waals surface area contributed by atoms with Crippen LogP contribution >= 0.6 is 0 Å². The molecule has 3 rings (SSSR count). The molecule has 1 aliphatic rings. The van der Waals surface area contributed by atoms with Crippen LogP contribution in [0.15, 0.2) is 24.5 Å². The van der Waals surface area contributed by atoms with Gasteiger partial charge in [0, 0.05) is 19.5 Å². The van der Waals surface area contributed by atoms with Crippen molar-refractivity contribution in [2.45, 2.75) is 26.2 Å². The molecule has 1 N–H and O–H groups in total. The molecule has 1 aromatic carbocycles. The van der Waals surface area contributed by atoms with Gasteiger partial charge in [0.05, 0.1) is 17.1 Å².